The molecule has 0 radical (unpaired) electrons. The standard InChI is InChI=1S/C23H25NO3S2/c1-4-24-22(25)21(29-23(24)28)15-18-7-10-19(11-8-18)26-12-5-13-27-20-9-6-16(2)17(3)14-20/h6-11,14-15H,4-5,12-13H2,1-3H3. The van der Waals surface area contributed by atoms with Crippen molar-refractivity contribution in [3.63, 3.8) is 0 Å². The molecule has 4 nitrogen and oxygen atoms in total. The van der Waals surface area contributed by atoms with Gasteiger partial charge in [0, 0.05) is 13.0 Å². The van der Waals surface area contributed by atoms with Gasteiger partial charge in [0.1, 0.15) is 15.8 Å². The molecule has 1 aliphatic heterocycles. The molecule has 1 amide bonds. The SMILES string of the molecule is CCN1C(=O)C(=Cc2ccc(OCCCOc3ccc(C)c(C)c3)cc2)SC1=S. The molecule has 0 bridgehead atoms. The zero-order valence-corrected chi connectivity index (χ0v) is 18.6. The first-order valence-electron chi connectivity index (χ1n) is 9.66. The van der Waals surface area contributed by atoms with E-state index in [2.05, 4.69) is 26.0 Å². The average molecular weight is 428 g/mol. The fraction of sp³-hybridized carbons (Fsp3) is 0.304. The molecule has 0 spiro atoms. The molecule has 0 unspecified atom stereocenters. The quantitative estimate of drug-likeness (QED) is 0.322. The number of rotatable bonds is 8. The predicted molar refractivity (Wildman–Crippen MR) is 124 cm³/mol. The van der Waals surface area contributed by atoms with E-state index in [9.17, 15) is 4.79 Å². The Hall–Kier alpha value is -2.31. The van der Waals surface area contributed by atoms with Crippen LogP contribution in [-0.4, -0.2) is 34.9 Å². The van der Waals surface area contributed by atoms with Gasteiger partial charge in [0.25, 0.3) is 5.91 Å². The summed E-state index contributed by atoms with van der Waals surface area (Å²) in [6.07, 6.45) is 2.67. The van der Waals surface area contributed by atoms with Gasteiger partial charge in [0.15, 0.2) is 0 Å². The van der Waals surface area contributed by atoms with E-state index in [0.29, 0.717) is 29.0 Å². The van der Waals surface area contributed by atoms with Gasteiger partial charge in [-0.15, -0.1) is 0 Å². The maximum absolute atomic E-state index is 12.3. The minimum Gasteiger partial charge on any atom is -0.493 e. The molecule has 1 fully saturated rings. The Morgan fingerprint density at radius 1 is 1.00 bits per heavy atom. The van der Waals surface area contributed by atoms with Gasteiger partial charge in [-0.1, -0.05) is 42.2 Å². The van der Waals surface area contributed by atoms with Crippen molar-refractivity contribution in [1.82, 2.24) is 4.90 Å². The number of carbonyl (C=O) groups excluding carboxylic acids is 1. The van der Waals surface area contributed by atoms with Crippen LogP contribution < -0.4 is 9.47 Å². The van der Waals surface area contributed by atoms with E-state index in [1.54, 1.807) is 4.90 Å². The van der Waals surface area contributed by atoms with Crippen LogP contribution in [0.1, 0.15) is 30.0 Å². The van der Waals surface area contributed by atoms with Crippen molar-refractivity contribution in [3.8, 4) is 11.5 Å². The van der Waals surface area contributed by atoms with Crippen molar-refractivity contribution >= 4 is 40.3 Å². The second-order valence-corrected chi connectivity index (χ2v) is 8.47. The van der Waals surface area contributed by atoms with Gasteiger partial charge in [-0.2, -0.15) is 0 Å². The smallest absolute Gasteiger partial charge is 0.266 e. The fourth-order valence-corrected chi connectivity index (χ4v) is 4.21. The van der Waals surface area contributed by atoms with Crippen LogP contribution in [0, 0.1) is 13.8 Å². The summed E-state index contributed by atoms with van der Waals surface area (Å²) in [5, 5.41) is 0. The van der Waals surface area contributed by atoms with E-state index in [0.717, 1.165) is 23.5 Å². The van der Waals surface area contributed by atoms with E-state index in [-0.39, 0.29) is 5.91 Å². The zero-order valence-electron chi connectivity index (χ0n) is 16.9. The van der Waals surface area contributed by atoms with Gasteiger partial charge in [-0.3, -0.25) is 9.69 Å². The van der Waals surface area contributed by atoms with Crippen molar-refractivity contribution in [3.05, 3.63) is 64.1 Å². The van der Waals surface area contributed by atoms with E-state index >= 15 is 0 Å². The van der Waals surface area contributed by atoms with Crippen LogP contribution in [0.5, 0.6) is 11.5 Å². The number of carbonyl (C=O) groups is 1. The van der Waals surface area contributed by atoms with E-state index in [1.807, 2.05) is 43.3 Å². The third-order valence-electron chi connectivity index (χ3n) is 4.67. The average Bonchev–Trinajstić information content (AvgIpc) is 2.98. The Kier molecular flexibility index (Phi) is 7.34. The number of benzene rings is 2. The van der Waals surface area contributed by atoms with Crippen LogP contribution >= 0.6 is 24.0 Å². The minimum atomic E-state index is -0.0217. The summed E-state index contributed by atoms with van der Waals surface area (Å²) in [6.45, 7) is 7.89. The lowest BCUT2D eigenvalue weighted by atomic mass is 10.1. The number of hydrogen-bond donors (Lipinski definition) is 0. The molecule has 2 aromatic rings. The summed E-state index contributed by atoms with van der Waals surface area (Å²) < 4.78 is 12.2. The lowest BCUT2D eigenvalue weighted by Gasteiger charge is -2.10. The van der Waals surface area contributed by atoms with Gasteiger partial charge in [-0.25, -0.2) is 0 Å². The topological polar surface area (TPSA) is 38.8 Å². The molecule has 1 heterocycles. The molecule has 1 aliphatic rings. The second kappa shape index (κ2) is 9.94. The lowest BCUT2D eigenvalue weighted by Crippen LogP contribution is -2.27. The third-order valence-corrected chi connectivity index (χ3v) is 6.05. The van der Waals surface area contributed by atoms with E-state index in [1.165, 1.54) is 22.9 Å². The van der Waals surface area contributed by atoms with Crippen LogP contribution in [0.4, 0.5) is 0 Å². The first-order valence-corrected chi connectivity index (χ1v) is 10.9. The van der Waals surface area contributed by atoms with Gasteiger partial charge in [0.05, 0.1) is 18.1 Å². The first kappa shape index (κ1) is 21.4. The molecule has 2 aromatic carbocycles. The highest BCUT2D eigenvalue weighted by Gasteiger charge is 2.30. The molecule has 6 heteroatoms. The Morgan fingerprint density at radius 3 is 2.28 bits per heavy atom. The van der Waals surface area contributed by atoms with E-state index < -0.39 is 0 Å². The molecular formula is C23H25NO3S2. The summed E-state index contributed by atoms with van der Waals surface area (Å²) in [5.74, 6) is 1.67. The molecule has 0 saturated carbocycles. The lowest BCUT2D eigenvalue weighted by molar-refractivity contribution is -0.121. The normalized spacial score (nSPS) is 15.3. The molecular weight excluding hydrogens is 402 g/mol. The summed E-state index contributed by atoms with van der Waals surface area (Å²) >= 11 is 6.59. The number of amides is 1. The highest BCUT2D eigenvalue weighted by molar-refractivity contribution is 8.26. The Bertz CT molecular complexity index is 922. The number of nitrogens with zero attached hydrogens (tertiary/aromatic N) is 1. The Morgan fingerprint density at radius 2 is 1.66 bits per heavy atom. The maximum Gasteiger partial charge on any atom is 0.266 e. The number of aryl methyl sites for hydroxylation is 2. The number of hydrogen-bond acceptors (Lipinski definition) is 5. The first-order chi connectivity index (χ1) is 14.0. The maximum atomic E-state index is 12.3. The molecule has 152 valence electrons. The largest absolute Gasteiger partial charge is 0.493 e. The molecule has 29 heavy (non-hydrogen) atoms. The molecule has 0 aromatic heterocycles. The number of thioether (sulfide) groups is 1. The van der Waals surface area contributed by atoms with Gasteiger partial charge < -0.3 is 9.47 Å². The monoisotopic (exact) mass is 427 g/mol. The fourth-order valence-electron chi connectivity index (χ4n) is 2.83. The zero-order chi connectivity index (χ0) is 20.8. The van der Waals surface area contributed by atoms with Crippen LogP contribution in [-0.2, 0) is 4.79 Å². The van der Waals surface area contributed by atoms with Crippen LogP contribution in [0.2, 0.25) is 0 Å². The van der Waals surface area contributed by atoms with Crippen LogP contribution in [0.15, 0.2) is 47.4 Å². The molecule has 0 N–H and O–H groups in total. The predicted octanol–water partition coefficient (Wildman–Crippen LogP) is 5.37. The Labute approximate surface area is 181 Å². The molecule has 1 saturated heterocycles. The summed E-state index contributed by atoms with van der Waals surface area (Å²) in [5.41, 5.74) is 3.45. The van der Waals surface area contributed by atoms with Crippen molar-refractivity contribution in [1.29, 1.82) is 0 Å². The highest BCUT2D eigenvalue weighted by atomic mass is 32.2. The molecule has 0 atom stereocenters. The summed E-state index contributed by atoms with van der Waals surface area (Å²) in [6, 6.07) is 13.8. The minimum absolute atomic E-state index is 0.0217. The van der Waals surface area contributed by atoms with Crippen molar-refractivity contribution in [2.24, 2.45) is 0 Å². The van der Waals surface area contributed by atoms with Crippen LogP contribution in [0.3, 0.4) is 0 Å². The van der Waals surface area contributed by atoms with E-state index in [4.69, 9.17) is 21.7 Å². The highest BCUT2D eigenvalue weighted by Crippen LogP contribution is 2.32. The molecule has 3 rings (SSSR count). The van der Waals surface area contributed by atoms with Crippen molar-refractivity contribution in [2.75, 3.05) is 19.8 Å². The third kappa shape index (κ3) is 5.61. The second-order valence-electron chi connectivity index (χ2n) is 6.79. The van der Waals surface area contributed by atoms with Crippen molar-refractivity contribution in [2.45, 2.75) is 27.2 Å². The van der Waals surface area contributed by atoms with Crippen molar-refractivity contribution < 1.29 is 14.3 Å². The number of likely N-dealkylation sites (N-methyl/N-ethyl adjacent to an activating group) is 1. The number of ether oxygens (including phenoxy) is 2. The Balaban J connectivity index is 1.45. The van der Waals surface area contributed by atoms with Gasteiger partial charge in [0.2, 0.25) is 0 Å². The molecule has 0 aliphatic carbocycles. The summed E-state index contributed by atoms with van der Waals surface area (Å²) in [4.78, 5) is 14.5. The van der Waals surface area contributed by atoms with Gasteiger partial charge in [-0.05, 0) is 67.8 Å². The summed E-state index contributed by atoms with van der Waals surface area (Å²) in [7, 11) is 0. The van der Waals surface area contributed by atoms with Crippen LogP contribution in [0.25, 0.3) is 6.08 Å². The van der Waals surface area contributed by atoms with Gasteiger partial charge >= 0.3 is 0 Å². The number of thiocarbonyl (C=S) groups is 1.